The van der Waals surface area contributed by atoms with Gasteiger partial charge in [0.05, 0.1) is 17.4 Å². The van der Waals surface area contributed by atoms with Crippen molar-refractivity contribution in [1.82, 2.24) is 14.6 Å². The van der Waals surface area contributed by atoms with E-state index in [9.17, 15) is 13.6 Å². The molecule has 1 amide bonds. The Kier molecular flexibility index (Phi) is 5.88. The summed E-state index contributed by atoms with van der Waals surface area (Å²) in [6.07, 6.45) is 3.66. The van der Waals surface area contributed by atoms with Crippen LogP contribution in [0, 0.1) is 11.6 Å². The number of carbonyl (C=O) groups excluding carboxylic acids is 1. The summed E-state index contributed by atoms with van der Waals surface area (Å²) in [5.41, 5.74) is 0.509. The number of amides is 1. The van der Waals surface area contributed by atoms with Crippen molar-refractivity contribution in [2.45, 2.75) is 18.9 Å². The van der Waals surface area contributed by atoms with E-state index in [1.165, 1.54) is 35.1 Å². The first-order valence-corrected chi connectivity index (χ1v) is 10.8. The quantitative estimate of drug-likeness (QED) is 0.606. The van der Waals surface area contributed by atoms with E-state index in [1.54, 1.807) is 6.20 Å². The van der Waals surface area contributed by atoms with E-state index >= 15 is 0 Å². The lowest BCUT2D eigenvalue weighted by Gasteiger charge is -2.32. The number of nitrogens with one attached hydrogen (secondary N) is 2. The van der Waals surface area contributed by atoms with Crippen molar-refractivity contribution < 1.29 is 13.6 Å². The van der Waals surface area contributed by atoms with Gasteiger partial charge in [-0.2, -0.15) is 4.37 Å². The summed E-state index contributed by atoms with van der Waals surface area (Å²) in [6.45, 7) is 1.76. The molecule has 0 saturated carbocycles. The molecule has 0 bridgehead atoms. The van der Waals surface area contributed by atoms with Gasteiger partial charge in [-0.15, -0.1) is 11.3 Å². The van der Waals surface area contributed by atoms with Gasteiger partial charge in [-0.25, -0.2) is 13.8 Å². The van der Waals surface area contributed by atoms with Gasteiger partial charge in [-0.3, -0.25) is 4.79 Å². The van der Waals surface area contributed by atoms with Crippen LogP contribution >= 0.6 is 22.9 Å². The molecule has 1 aliphatic heterocycles. The third kappa shape index (κ3) is 4.17. The van der Waals surface area contributed by atoms with Gasteiger partial charge >= 0.3 is 0 Å². The summed E-state index contributed by atoms with van der Waals surface area (Å²) in [7, 11) is 1.97. The Hall–Kier alpha value is -2.37. The van der Waals surface area contributed by atoms with Crippen molar-refractivity contribution in [3.8, 4) is 10.6 Å². The first kappa shape index (κ1) is 19.9. The molecule has 1 aliphatic rings. The maximum absolute atomic E-state index is 14.0. The number of nitrogens with zero attached hydrogens (tertiary/aromatic N) is 3. The number of thiazole rings is 1. The minimum Gasteiger partial charge on any atom is -0.360 e. The molecule has 4 rings (SSSR count). The smallest absolute Gasteiger partial charge is 0.275 e. The lowest BCUT2D eigenvalue weighted by atomic mass is 10.0. The van der Waals surface area contributed by atoms with Gasteiger partial charge in [-0.1, -0.05) is 6.07 Å². The lowest BCUT2D eigenvalue weighted by molar-refractivity contribution is 0.102. The number of hydrogen-bond acceptors (Lipinski definition) is 7. The lowest BCUT2D eigenvalue weighted by Crippen LogP contribution is -2.41. The highest BCUT2D eigenvalue weighted by Gasteiger charge is 2.23. The van der Waals surface area contributed by atoms with Crippen molar-refractivity contribution in [2.24, 2.45) is 0 Å². The molecule has 0 radical (unpaired) electrons. The zero-order valence-corrected chi connectivity index (χ0v) is 17.2. The summed E-state index contributed by atoms with van der Waals surface area (Å²) in [4.78, 5) is 19.0. The number of rotatable bonds is 5. The Morgan fingerprint density at radius 3 is 2.66 bits per heavy atom. The molecule has 3 aromatic rings. The van der Waals surface area contributed by atoms with Crippen LogP contribution in [0.25, 0.3) is 10.6 Å². The predicted octanol–water partition coefficient (Wildman–Crippen LogP) is 2.90. The molecule has 0 unspecified atom stereocenters. The van der Waals surface area contributed by atoms with Gasteiger partial charge < -0.3 is 15.4 Å². The summed E-state index contributed by atoms with van der Waals surface area (Å²) < 4.78 is 32.2. The number of aromatic nitrogens is 2. The van der Waals surface area contributed by atoms with Crippen LogP contribution in [-0.2, 0) is 0 Å². The molecule has 2 N–H and O–H groups in total. The van der Waals surface area contributed by atoms with Crippen LogP contribution in [-0.4, -0.2) is 42.4 Å². The van der Waals surface area contributed by atoms with E-state index < -0.39 is 17.5 Å². The Labute approximate surface area is 175 Å². The van der Waals surface area contributed by atoms with Crippen LogP contribution in [0.15, 0.2) is 29.8 Å². The Morgan fingerprint density at radius 1 is 1.24 bits per heavy atom. The zero-order valence-electron chi connectivity index (χ0n) is 15.6. The van der Waals surface area contributed by atoms with Crippen molar-refractivity contribution in [3.63, 3.8) is 0 Å². The van der Waals surface area contributed by atoms with Gasteiger partial charge in [0.2, 0.25) is 0 Å². The topological polar surface area (TPSA) is 70.2 Å². The van der Waals surface area contributed by atoms with E-state index in [4.69, 9.17) is 0 Å². The molecule has 1 aromatic carbocycles. The van der Waals surface area contributed by atoms with E-state index in [0.29, 0.717) is 11.7 Å². The number of piperidine rings is 1. The predicted molar refractivity (Wildman–Crippen MR) is 114 cm³/mol. The van der Waals surface area contributed by atoms with Crippen LogP contribution in [0.4, 0.5) is 19.5 Å². The fourth-order valence-electron chi connectivity index (χ4n) is 3.30. The number of carbonyl (C=O) groups is 1. The number of halogens is 2. The van der Waals surface area contributed by atoms with Gasteiger partial charge in [-0.05, 0) is 42.5 Å². The average molecular weight is 433 g/mol. The molecule has 0 aliphatic carbocycles. The van der Waals surface area contributed by atoms with Gasteiger partial charge in [0, 0.05) is 18.5 Å². The standard InChI is InChI=1S/C18H18BF2N5OS2/c19-25-10-4-6-26(7-5-10)18-13(8-22-29-18)23-16(27)14-9-28-17(24-14)15-11(20)2-1-3-12(15)21/h1-3,8-10,25H,4-7,19H2,(H,23,27). The van der Waals surface area contributed by atoms with Gasteiger partial charge in [0.25, 0.3) is 5.91 Å². The van der Waals surface area contributed by atoms with Crippen molar-refractivity contribution in [3.05, 3.63) is 47.1 Å². The monoisotopic (exact) mass is 433 g/mol. The highest BCUT2D eigenvalue weighted by atomic mass is 32.1. The third-order valence-electron chi connectivity index (χ3n) is 4.90. The molecule has 11 heteroatoms. The largest absolute Gasteiger partial charge is 0.360 e. The summed E-state index contributed by atoms with van der Waals surface area (Å²) in [5.74, 6) is -1.85. The minimum absolute atomic E-state index is 0.110. The van der Waals surface area contributed by atoms with Gasteiger partial charge in [0.15, 0.2) is 7.98 Å². The molecule has 1 saturated heterocycles. The molecule has 29 heavy (non-hydrogen) atoms. The number of benzene rings is 1. The molecule has 1 fully saturated rings. The fourth-order valence-corrected chi connectivity index (χ4v) is 4.90. The van der Waals surface area contributed by atoms with Gasteiger partial charge in [0.1, 0.15) is 27.3 Å². The van der Waals surface area contributed by atoms with E-state index in [2.05, 4.69) is 24.8 Å². The summed E-state index contributed by atoms with van der Waals surface area (Å²) >= 11 is 2.36. The van der Waals surface area contributed by atoms with Crippen LogP contribution in [0.3, 0.4) is 0 Å². The first-order valence-electron chi connectivity index (χ1n) is 9.15. The summed E-state index contributed by atoms with van der Waals surface area (Å²) in [5, 5.41) is 8.65. The first-order chi connectivity index (χ1) is 14.1. The Morgan fingerprint density at radius 2 is 1.97 bits per heavy atom. The molecule has 6 nitrogen and oxygen atoms in total. The molecule has 0 atom stereocenters. The summed E-state index contributed by atoms with van der Waals surface area (Å²) in [6, 6.07) is 4.13. The van der Waals surface area contributed by atoms with Crippen molar-refractivity contribution >= 4 is 47.4 Å². The minimum atomic E-state index is -0.708. The third-order valence-corrected chi connectivity index (χ3v) is 6.63. The Balaban J connectivity index is 1.49. The molecular formula is C18H18BF2N5OS2. The highest BCUT2D eigenvalue weighted by molar-refractivity contribution is 7.13. The molecule has 150 valence electrons. The number of hydrogen-bond donors (Lipinski definition) is 2. The highest BCUT2D eigenvalue weighted by Crippen LogP contribution is 2.33. The van der Waals surface area contributed by atoms with E-state index in [-0.39, 0.29) is 16.3 Å². The SMILES string of the molecule is BNC1CCN(c2sncc2NC(=O)c2csc(-c3c(F)cccc3F)n2)CC1. The second-order valence-corrected chi connectivity index (χ2v) is 8.32. The Bertz CT molecular complexity index is 999. The normalized spacial score (nSPS) is 14.9. The maximum Gasteiger partial charge on any atom is 0.275 e. The fraction of sp³-hybridized carbons (Fsp3) is 0.278. The van der Waals surface area contributed by atoms with E-state index in [0.717, 1.165) is 42.3 Å². The second kappa shape index (κ2) is 8.56. The molecule has 3 heterocycles. The molecule has 2 aromatic heterocycles. The van der Waals surface area contributed by atoms with Crippen LogP contribution in [0.1, 0.15) is 23.3 Å². The number of anilines is 2. The zero-order chi connectivity index (χ0) is 20.4. The average Bonchev–Trinajstić information content (AvgIpc) is 3.38. The second-order valence-electron chi connectivity index (χ2n) is 6.68. The molecule has 0 spiro atoms. The van der Waals surface area contributed by atoms with E-state index in [1.807, 2.05) is 7.98 Å². The maximum atomic E-state index is 14.0. The van der Waals surface area contributed by atoms with Crippen molar-refractivity contribution in [1.29, 1.82) is 0 Å². The van der Waals surface area contributed by atoms with Crippen LogP contribution in [0.5, 0.6) is 0 Å². The van der Waals surface area contributed by atoms with Crippen molar-refractivity contribution in [2.75, 3.05) is 23.3 Å². The molecular weight excluding hydrogens is 415 g/mol. The van der Waals surface area contributed by atoms with Crippen LogP contribution < -0.4 is 15.4 Å². The van der Waals surface area contributed by atoms with Crippen LogP contribution in [0.2, 0.25) is 0 Å².